The fraction of sp³-hybridized carbons (Fsp3) is 0.357. The molecule has 128 valence electrons. The molecule has 1 aromatic heterocycles. The van der Waals surface area contributed by atoms with Crippen molar-refractivity contribution in [3.63, 3.8) is 0 Å². The van der Waals surface area contributed by atoms with Crippen LogP contribution in [0.2, 0.25) is 0 Å². The molecule has 23 heavy (non-hydrogen) atoms. The van der Waals surface area contributed by atoms with Gasteiger partial charge in [-0.05, 0) is 12.1 Å². The minimum Gasteiger partial charge on any atom is -0.633 e. The van der Waals surface area contributed by atoms with Crippen molar-refractivity contribution in [3.05, 3.63) is 45.8 Å². The standard InChI is InChI=1S/C14H18N4O3.2ClH/c1-18(2,21)10-4-8-15-12-7-9-16-11-5-3-6-13(14(11)12)17(19)20;;/h3,5-7,9H,4,8,10H2,1-2H3,(H,15,16);2*1H. The molecule has 1 heterocycles. The van der Waals surface area contributed by atoms with Gasteiger partial charge in [0.2, 0.25) is 0 Å². The largest absolute Gasteiger partial charge is 0.633 e. The number of quaternary nitrogens is 1. The number of rotatable bonds is 6. The van der Waals surface area contributed by atoms with E-state index in [1.807, 2.05) is 0 Å². The summed E-state index contributed by atoms with van der Waals surface area (Å²) in [5.41, 5.74) is 1.28. The van der Waals surface area contributed by atoms with Crippen molar-refractivity contribution in [1.29, 1.82) is 0 Å². The van der Waals surface area contributed by atoms with E-state index in [2.05, 4.69) is 10.3 Å². The first-order valence-corrected chi connectivity index (χ1v) is 6.68. The third-order valence-electron chi connectivity index (χ3n) is 3.13. The molecule has 2 rings (SSSR count). The number of pyridine rings is 1. The second-order valence-electron chi connectivity index (χ2n) is 5.36. The molecule has 0 aliphatic carbocycles. The SMILES string of the molecule is C[N+](C)([O-])CCCNc1ccnc2cccc([N+](=O)[O-])c12.Cl.Cl. The number of aromatic nitrogens is 1. The van der Waals surface area contributed by atoms with Crippen LogP contribution in [0.4, 0.5) is 11.4 Å². The van der Waals surface area contributed by atoms with Gasteiger partial charge in [-0.15, -0.1) is 24.8 Å². The number of nitrogens with zero attached hydrogens (tertiary/aromatic N) is 3. The van der Waals surface area contributed by atoms with E-state index in [1.54, 1.807) is 38.5 Å². The van der Waals surface area contributed by atoms with Crippen LogP contribution >= 0.6 is 24.8 Å². The Balaban J connectivity index is 0.00000242. The van der Waals surface area contributed by atoms with Crippen molar-refractivity contribution < 1.29 is 9.57 Å². The van der Waals surface area contributed by atoms with E-state index >= 15 is 0 Å². The maximum absolute atomic E-state index is 11.5. The van der Waals surface area contributed by atoms with Crippen molar-refractivity contribution in [2.45, 2.75) is 6.42 Å². The molecule has 0 saturated carbocycles. The molecule has 7 nitrogen and oxygen atoms in total. The summed E-state index contributed by atoms with van der Waals surface area (Å²) in [5, 5.41) is 26.3. The summed E-state index contributed by atoms with van der Waals surface area (Å²) in [4.78, 5) is 14.9. The van der Waals surface area contributed by atoms with Crippen LogP contribution in [-0.2, 0) is 0 Å². The zero-order chi connectivity index (χ0) is 15.5. The topological polar surface area (TPSA) is 91.1 Å². The van der Waals surface area contributed by atoms with E-state index in [9.17, 15) is 15.3 Å². The van der Waals surface area contributed by atoms with E-state index in [0.29, 0.717) is 36.1 Å². The number of nitro benzene ring substituents is 1. The number of hydrogen-bond donors (Lipinski definition) is 1. The molecule has 0 saturated heterocycles. The quantitative estimate of drug-likeness (QED) is 0.368. The molecular formula is C14H20Cl2N4O3. The van der Waals surface area contributed by atoms with Crippen LogP contribution in [0.15, 0.2) is 30.5 Å². The van der Waals surface area contributed by atoms with Gasteiger partial charge in [0.1, 0.15) is 5.39 Å². The minimum absolute atomic E-state index is 0. The molecule has 0 unspecified atom stereocenters. The lowest BCUT2D eigenvalue weighted by Crippen LogP contribution is -2.34. The highest BCUT2D eigenvalue weighted by atomic mass is 35.5. The smallest absolute Gasteiger partial charge is 0.280 e. The van der Waals surface area contributed by atoms with Gasteiger partial charge in [-0.1, -0.05) is 6.07 Å². The third-order valence-corrected chi connectivity index (χ3v) is 3.13. The fourth-order valence-electron chi connectivity index (χ4n) is 2.17. The number of non-ortho nitro benzene ring substituents is 1. The van der Waals surface area contributed by atoms with Crippen LogP contribution in [0.1, 0.15) is 6.42 Å². The second-order valence-corrected chi connectivity index (χ2v) is 5.36. The van der Waals surface area contributed by atoms with E-state index in [4.69, 9.17) is 0 Å². The highest BCUT2D eigenvalue weighted by Gasteiger charge is 2.15. The summed E-state index contributed by atoms with van der Waals surface area (Å²) in [6.07, 6.45) is 2.29. The van der Waals surface area contributed by atoms with Crippen LogP contribution in [0.25, 0.3) is 10.9 Å². The van der Waals surface area contributed by atoms with E-state index in [-0.39, 0.29) is 35.1 Å². The van der Waals surface area contributed by atoms with Gasteiger partial charge in [0, 0.05) is 25.2 Å². The number of hydroxylamine groups is 3. The Kier molecular flexibility index (Phi) is 8.19. The zero-order valence-electron chi connectivity index (χ0n) is 12.9. The molecule has 0 bridgehead atoms. The molecule has 9 heteroatoms. The van der Waals surface area contributed by atoms with Crippen LogP contribution in [0, 0.1) is 15.3 Å². The van der Waals surface area contributed by atoms with Gasteiger partial charge >= 0.3 is 0 Å². The Morgan fingerprint density at radius 2 is 1.96 bits per heavy atom. The van der Waals surface area contributed by atoms with Crippen LogP contribution in [0.3, 0.4) is 0 Å². The molecule has 0 amide bonds. The third kappa shape index (κ3) is 5.80. The van der Waals surface area contributed by atoms with Gasteiger partial charge in [-0.2, -0.15) is 0 Å². The van der Waals surface area contributed by atoms with E-state index < -0.39 is 4.92 Å². The van der Waals surface area contributed by atoms with Crippen LogP contribution < -0.4 is 5.32 Å². The Morgan fingerprint density at radius 3 is 2.57 bits per heavy atom. The number of anilines is 1. The number of hydrogen-bond acceptors (Lipinski definition) is 5. The Morgan fingerprint density at radius 1 is 1.26 bits per heavy atom. The van der Waals surface area contributed by atoms with Gasteiger partial charge in [0.25, 0.3) is 5.69 Å². The average molecular weight is 363 g/mol. The Hall–Kier alpha value is -1.67. The maximum Gasteiger partial charge on any atom is 0.280 e. The molecule has 1 N–H and O–H groups in total. The summed E-state index contributed by atoms with van der Waals surface area (Å²) in [5.74, 6) is 0. The Labute approximate surface area is 146 Å². The predicted octanol–water partition coefficient (Wildman–Crippen LogP) is 3.36. The average Bonchev–Trinajstić information content (AvgIpc) is 2.41. The van der Waals surface area contributed by atoms with Crippen molar-refractivity contribution >= 4 is 47.1 Å². The van der Waals surface area contributed by atoms with Crippen molar-refractivity contribution in [3.8, 4) is 0 Å². The monoisotopic (exact) mass is 362 g/mol. The predicted molar refractivity (Wildman–Crippen MR) is 96.3 cm³/mol. The van der Waals surface area contributed by atoms with Gasteiger partial charge in [0.15, 0.2) is 0 Å². The zero-order valence-corrected chi connectivity index (χ0v) is 14.5. The van der Waals surface area contributed by atoms with Crippen LogP contribution in [-0.4, -0.2) is 41.7 Å². The number of nitro groups is 1. The number of fused-ring (bicyclic) bond motifs is 1. The molecule has 0 aliphatic heterocycles. The lowest BCUT2D eigenvalue weighted by Gasteiger charge is -2.33. The first-order chi connectivity index (χ1) is 9.88. The normalized spacial score (nSPS) is 10.6. The van der Waals surface area contributed by atoms with Gasteiger partial charge in [-0.3, -0.25) is 15.1 Å². The molecule has 0 atom stereocenters. The maximum atomic E-state index is 11.5. The number of benzene rings is 1. The summed E-state index contributed by atoms with van der Waals surface area (Å²) in [6.45, 7) is 1.06. The lowest BCUT2D eigenvalue weighted by atomic mass is 10.1. The van der Waals surface area contributed by atoms with Gasteiger partial charge < -0.3 is 15.2 Å². The highest BCUT2D eigenvalue weighted by Crippen LogP contribution is 2.30. The number of nitrogens with one attached hydrogen (secondary N) is 1. The summed E-state index contributed by atoms with van der Waals surface area (Å²) in [6, 6.07) is 6.54. The van der Waals surface area contributed by atoms with Crippen molar-refractivity contribution in [2.75, 3.05) is 32.5 Å². The molecule has 0 aliphatic rings. The molecule has 2 aromatic rings. The fourth-order valence-corrected chi connectivity index (χ4v) is 2.17. The number of halogens is 2. The Bertz CT molecular complexity index is 657. The summed E-state index contributed by atoms with van der Waals surface area (Å²) >= 11 is 0. The van der Waals surface area contributed by atoms with E-state index in [1.165, 1.54) is 6.07 Å². The lowest BCUT2D eigenvalue weighted by molar-refractivity contribution is -0.839. The van der Waals surface area contributed by atoms with Gasteiger partial charge in [-0.25, -0.2) is 0 Å². The minimum atomic E-state index is -0.410. The molecule has 1 aromatic carbocycles. The van der Waals surface area contributed by atoms with Crippen molar-refractivity contribution in [2.24, 2.45) is 0 Å². The molecule has 0 fully saturated rings. The first kappa shape index (κ1) is 21.3. The summed E-state index contributed by atoms with van der Waals surface area (Å²) < 4.78 is -0.348. The highest BCUT2D eigenvalue weighted by molar-refractivity contribution is 5.98. The van der Waals surface area contributed by atoms with E-state index in [0.717, 1.165) is 0 Å². The molecule has 0 radical (unpaired) electrons. The van der Waals surface area contributed by atoms with Crippen molar-refractivity contribution in [1.82, 2.24) is 4.98 Å². The molecule has 0 spiro atoms. The van der Waals surface area contributed by atoms with Gasteiger partial charge in [0.05, 0.1) is 36.8 Å². The summed E-state index contributed by atoms with van der Waals surface area (Å²) in [7, 11) is 3.18. The first-order valence-electron chi connectivity index (χ1n) is 6.68. The van der Waals surface area contributed by atoms with Crippen LogP contribution in [0.5, 0.6) is 0 Å². The molecular weight excluding hydrogens is 343 g/mol. The second kappa shape index (κ2) is 8.83.